The molecule has 106 valence electrons. The van der Waals surface area contributed by atoms with Gasteiger partial charge in [-0.05, 0) is 43.2 Å². The van der Waals surface area contributed by atoms with Crippen LogP contribution < -0.4 is 5.32 Å². The van der Waals surface area contributed by atoms with E-state index in [-0.39, 0.29) is 5.91 Å². The van der Waals surface area contributed by atoms with Gasteiger partial charge in [-0.25, -0.2) is 0 Å². The second-order valence-electron chi connectivity index (χ2n) is 5.27. The summed E-state index contributed by atoms with van der Waals surface area (Å²) in [5.74, 6) is -0.0225. The number of nitrogens with one attached hydrogen (secondary N) is 2. The lowest BCUT2D eigenvalue weighted by atomic mass is 10.1. The number of carbonyl (C=O) groups is 1. The van der Waals surface area contributed by atoms with Crippen LogP contribution in [0.2, 0.25) is 0 Å². The van der Waals surface area contributed by atoms with Crippen molar-refractivity contribution in [2.75, 3.05) is 6.54 Å². The Labute approximate surface area is 124 Å². The quantitative estimate of drug-likeness (QED) is 0.754. The van der Waals surface area contributed by atoms with Gasteiger partial charge in [-0.3, -0.25) is 4.79 Å². The van der Waals surface area contributed by atoms with Gasteiger partial charge >= 0.3 is 0 Å². The smallest absolute Gasteiger partial charge is 0.251 e. The largest absolute Gasteiger partial charge is 0.361 e. The molecule has 0 atom stereocenters. The zero-order chi connectivity index (χ0) is 14.7. The topological polar surface area (TPSA) is 44.9 Å². The van der Waals surface area contributed by atoms with Gasteiger partial charge in [-0.15, -0.1) is 0 Å². The molecule has 0 saturated heterocycles. The Hall–Kier alpha value is -2.55. The highest BCUT2D eigenvalue weighted by Gasteiger charge is 2.06. The van der Waals surface area contributed by atoms with Gasteiger partial charge in [0.15, 0.2) is 0 Å². The molecule has 3 heteroatoms. The molecule has 21 heavy (non-hydrogen) atoms. The SMILES string of the molecule is Cc1cccc(CCNC(=O)c2ccc3[nH]ccc3c2)c1. The van der Waals surface area contributed by atoms with Gasteiger partial charge in [0.05, 0.1) is 0 Å². The monoisotopic (exact) mass is 278 g/mol. The van der Waals surface area contributed by atoms with Crippen molar-refractivity contribution in [3.63, 3.8) is 0 Å². The predicted octanol–water partition coefficient (Wildman–Crippen LogP) is 3.45. The van der Waals surface area contributed by atoms with Gasteiger partial charge in [-0.2, -0.15) is 0 Å². The second kappa shape index (κ2) is 5.83. The van der Waals surface area contributed by atoms with Gasteiger partial charge in [0, 0.05) is 29.2 Å². The van der Waals surface area contributed by atoms with E-state index >= 15 is 0 Å². The standard InChI is InChI=1S/C18H18N2O/c1-13-3-2-4-14(11-13)7-9-20-18(21)16-5-6-17-15(12-16)8-10-19-17/h2-6,8,10-12,19H,7,9H2,1H3,(H,20,21). The zero-order valence-electron chi connectivity index (χ0n) is 12.0. The van der Waals surface area contributed by atoms with E-state index in [0.717, 1.165) is 17.3 Å². The fourth-order valence-electron chi connectivity index (χ4n) is 2.48. The van der Waals surface area contributed by atoms with Crippen LogP contribution in [0.5, 0.6) is 0 Å². The lowest BCUT2D eigenvalue weighted by molar-refractivity contribution is 0.0954. The number of amides is 1. The summed E-state index contributed by atoms with van der Waals surface area (Å²) in [5, 5.41) is 4.03. The van der Waals surface area contributed by atoms with Crippen molar-refractivity contribution in [3.05, 3.63) is 71.4 Å². The van der Waals surface area contributed by atoms with Crippen molar-refractivity contribution >= 4 is 16.8 Å². The molecule has 0 saturated carbocycles. The van der Waals surface area contributed by atoms with Crippen molar-refractivity contribution in [1.29, 1.82) is 0 Å². The van der Waals surface area contributed by atoms with E-state index in [2.05, 4.69) is 35.4 Å². The number of carbonyl (C=O) groups excluding carboxylic acids is 1. The average molecular weight is 278 g/mol. The summed E-state index contributed by atoms with van der Waals surface area (Å²) in [4.78, 5) is 15.3. The highest BCUT2D eigenvalue weighted by Crippen LogP contribution is 2.14. The summed E-state index contributed by atoms with van der Waals surface area (Å²) in [6.07, 6.45) is 2.73. The summed E-state index contributed by atoms with van der Waals surface area (Å²) < 4.78 is 0. The molecule has 0 spiro atoms. The molecule has 2 aromatic carbocycles. The van der Waals surface area contributed by atoms with E-state index in [1.807, 2.05) is 36.5 Å². The maximum atomic E-state index is 12.1. The number of rotatable bonds is 4. The zero-order valence-corrected chi connectivity index (χ0v) is 12.0. The van der Waals surface area contributed by atoms with Crippen LogP contribution in [0.1, 0.15) is 21.5 Å². The number of aromatic nitrogens is 1. The van der Waals surface area contributed by atoms with Crippen LogP contribution in [0, 0.1) is 6.92 Å². The van der Waals surface area contributed by atoms with E-state index in [0.29, 0.717) is 12.1 Å². The van der Waals surface area contributed by atoms with Crippen LogP contribution in [0.25, 0.3) is 10.9 Å². The first-order valence-corrected chi connectivity index (χ1v) is 7.13. The highest BCUT2D eigenvalue weighted by molar-refractivity contribution is 5.98. The van der Waals surface area contributed by atoms with Crippen LogP contribution >= 0.6 is 0 Å². The fourth-order valence-corrected chi connectivity index (χ4v) is 2.48. The summed E-state index contributed by atoms with van der Waals surface area (Å²) >= 11 is 0. The van der Waals surface area contributed by atoms with Crippen molar-refractivity contribution in [2.45, 2.75) is 13.3 Å². The Balaban J connectivity index is 1.61. The lowest BCUT2D eigenvalue weighted by Crippen LogP contribution is -2.25. The number of H-pyrrole nitrogens is 1. The van der Waals surface area contributed by atoms with Crippen LogP contribution in [-0.2, 0) is 6.42 Å². The molecule has 3 aromatic rings. The maximum Gasteiger partial charge on any atom is 0.251 e. The minimum absolute atomic E-state index is 0.0225. The van der Waals surface area contributed by atoms with Crippen LogP contribution in [0.4, 0.5) is 0 Å². The van der Waals surface area contributed by atoms with Crippen molar-refractivity contribution in [1.82, 2.24) is 10.3 Å². The number of aryl methyl sites for hydroxylation is 1. The third-order valence-electron chi connectivity index (χ3n) is 3.60. The molecule has 0 bridgehead atoms. The van der Waals surface area contributed by atoms with Gasteiger partial charge < -0.3 is 10.3 Å². The van der Waals surface area contributed by atoms with E-state index in [1.54, 1.807) is 0 Å². The van der Waals surface area contributed by atoms with Gasteiger partial charge in [0.1, 0.15) is 0 Å². The third kappa shape index (κ3) is 3.14. The van der Waals surface area contributed by atoms with Gasteiger partial charge in [0.2, 0.25) is 0 Å². The number of aromatic amines is 1. The van der Waals surface area contributed by atoms with E-state index in [9.17, 15) is 4.79 Å². The molecule has 0 aliphatic carbocycles. The Morgan fingerprint density at radius 1 is 1.14 bits per heavy atom. The van der Waals surface area contributed by atoms with Crippen LogP contribution in [-0.4, -0.2) is 17.4 Å². The Kier molecular flexibility index (Phi) is 3.73. The lowest BCUT2D eigenvalue weighted by Gasteiger charge is -2.06. The molecule has 3 rings (SSSR count). The minimum Gasteiger partial charge on any atom is -0.361 e. The number of benzene rings is 2. The molecule has 3 nitrogen and oxygen atoms in total. The van der Waals surface area contributed by atoms with E-state index < -0.39 is 0 Å². The van der Waals surface area contributed by atoms with Gasteiger partial charge in [-0.1, -0.05) is 29.8 Å². The Morgan fingerprint density at radius 3 is 2.90 bits per heavy atom. The molecule has 0 aliphatic heterocycles. The van der Waals surface area contributed by atoms with Crippen LogP contribution in [0.15, 0.2) is 54.7 Å². The summed E-state index contributed by atoms with van der Waals surface area (Å²) in [6, 6.07) is 16.0. The van der Waals surface area contributed by atoms with Crippen molar-refractivity contribution in [2.24, 2.45) is 0 Å². The molecule has 1 amide bonds. The first kappa shape index (κ1) is 13.4. The first-order valence-electron chi connectivity index (χ1n) is 7.13. The number of hydrogen-bond donors (Lipinski definition) is 2. The molecule has 1 aromatic heterocycles. The highest BCUT2D eigenvalue weighted by atomic mass is 16.1. The number of fused-ring (bicyclic) bond motifs is 1. The fraction of sp³-hybridized carbons (Fsp3) is 0.167. The Morgan fingerprint density at radius 2 is 2.05 bits per heavy atom. The van der Waals surface area contributed by atoms with E-state index in [4.69, 9.17) is 0 Å². The Bertz CT molecular complexity index is 773. The third-order valence-corrected chi connectivity index (χ3v) is 3.60. The first-order chi connectivity index (χ1) is 10.2. The molecular formula is C18H18N2O. The normalized spacial score (nSPS) is 10.7. The minimum atomic E-state index is -0.0225. The number of hydrogen-bond acceptors (Lipinski definition) is 1. The molecule has 0 radical (unpaired) electrons. The summed E-state index contributed by atoms with van der Waals surface area (Å²) in [6.45, 7) is 2.72. The predicted molar refractivity (Wildman–Crippen MR) is 85.5 cm³/mol. The molecule has 1 heterocycles. The maximum absolute atomic E-state index is 12.1. The molecular weight excluding hydrogens is 260 g/mol. The molecule has 0 unspecified atom stereocenters. The average Bonchev–Trinajstić information content (AvgIpc) is 2.94. The molecule has 0 fully saturated rings. The van der Waals surface area contributed by atoms with Crippen LogP contribution in [0.3, 0.4) is 0 Å². The van der Waals surface area contributed by atoms with Gasteiger partial charge in [0.25, 0.3) is 5.91 Å². The summed E-state index contributed by atoms with van der Waals surface area (Å²) in [5.41, 5.74) is 4.24. The van der Waals surface area contributed by atoms with Crippen molar-refractivity contribution in [3.8, 4) is 0 Å². The molecule has 2 N–H and O–H groups in total. The summed E-state index contributed by atoms with van der Waals surface area (Å²) in [7, 11) is 0. The van der Waals surface area contributed by atoms with Crippen molar-refractivity contribution < 1.29 is 4.79 Å². The second-order valence-corrected chi connectivity index (χ2v) is 5.27. The van der Waals surface area contributed by atoms with E-state index in [1.165, 1.54) is 11.1 Å². The molecule has 0 aliphatic rings.